The SMILES string of the molecule is Cc1cc(-c2ccc(S(=O)(=O)NC3CCCCCC3)cc2)on1. The second-order valence-corrected chi connectivity index (χ2v) is 7.88. The molecular weight excluding hydrogens is 312 g/mol. The lowest BCUT2D eigenvalue weighted by molar-refractivity contribution is 0.427. The standard InChI is InChI=1S/C17H22N2O3S/c1-13-12-17(22-18-13)14-8-10-16(11-9-14)23(20,21)19-15-6-4-2-3-5-7-15/h8-12,15,19H,2-7H2,1H3. The lowest BCUT2D eigenvalue weighted by Crippen LogP contribution is -2.34. The summed E-state index contributed by atoms with van der Waals surface area (Å²) >= 11 is 0. The van der Waals surface area contributed by atoms with E-state index in [-0.39, 0.29) is 6.04 Å². The first kappa shape index (κ1) is 16.2. The highest BCUT2D eigenvalue weighted by atomic mass is 32.2. The van der Waals surface area contributed by atoms with Gasteiger partial charge in [0.15, 0.2) is 5.76 Å². The highest BCUT2D eigenvalue weighted by molar-refractivity contribution is 7.89. The summed E-state index contributed by atoms with van der Waals surface area (Å²) in [5.74, 6) is 0.642. The number of aryl methyl sites for hydroxylation is 1. The van der Waals surface area contributed by atoms with Crippen LogP contribution < -0.4 is 4.72 Å². The predicted octanol–water partition coefficient (Wildman–Crippen LogP) is 3.65. The van der Waals surface area contributed by atoms with E-state index < -0.39 is 10.0 Å². The van der Waals surface area contributed by atoms with Crippen molar-refractivity contribution in [2.75, 3.05) is 0 Å². The van der Waals surface area contributed by atoms with Gasteiger partial charge in [-0.05, 0) is 44.0 Å². The molecule has 1 saturated carbocycles. The van der Waals surface area contributed by atoms with Gasteiger partial charge in [0, 0.05) is 17.7 Å². The molecule has 0 aliphatic heterocycles. The number of hydrogen-bond acceptors (Lipinski definition) is 4. The first-order valence-electron chi connectivity index (χ1n) is 8.11. The van der Waals surface area contributed by atoms with Crippen LogP contribution in [0.15, 0.2) is 39.8 Å². The maximum absolute atomic E-state index is 12.5. The summed E-state index contributed by atoms with van der Waals surface area (Å²) in [7, 11) is -3.47. The van der Waals surface area contributed by atoms with Crippen molar-refractivity contribution in [3.8, 4) is 11.3 Å². The molecule has 0 amide bonds. The largest absolute Gasteiger partial charge is 0.356 e. The molecule has 1 aromatic carbocycles. The van der Waals surface area contributed by atoms with Crippen molar-refractivity contribution in [2.24, 2.45) is 0 Å². The summed E-state index contributed by atoms with van der Waals surface area (Å²) in [6.45, 7) is 1.85. The Morgan fingerprint density at radius 1 is 1.09 bits per heavy atom. The van der Waals surface area contributed by atoms with Gasteiger partial charge in [0.2, 0.25) is 10.0 Å². The van der Waals surface area contributed by atoms with Crippen molar-refractivity contribution in [2.45, 2.75) is 56.4 Å². The van der Waals surface area contributed by atoms with Gasteiger partial charge >= 0.3 is 0 Å². The maximum Gasteiger partial charge on any atom is 0.240 e. The van der Waals surface area contributed by atoms with E-state index in [1.54, 1.807) is 24.3 Å². The Balaban J connectivity index is 1.74. The number of sulfonamides is 1. The summed E-state index contributed by atoms with van der Waals surface area (Å²) in [5.41, 5.74) is 1.62. The van der Waals surface area contributed by atoms with E-state index >= 15 is 0 Å². The Labute approximate surface area is 137 Å². The quantitative estimate of drug-likeness (QED) is 0.866. The molecule has 0 unspecified atom stereocenters. The van der Waals surface area contributed by atoms with Crippen molar-refractivity contribution in [1.29, 1.82) is 0 Å². The molecule has 0 bridgehead atoms. The molecule has 0 radical (unpaired) electrons. The smallest absolute Gasteiger partial charge is 0.240 e. The molecule has 23 heavy (non-hydrogen) atoms. The fraction of sp³-hybridized carbons (Fsp3) is 0.471. The molecule has 1 aromatic heterocycles. The van der Waals surface area contributed by atoms with Crippen molar-refractivity contribution in [3.63, 3.8) is 0 Å². The monoisotopic (exact) mass is 334 g/mol. The Bertz CT molecular complexity index is 742. The van der Waals surface area contributed by atoms with Gasteiger partial charge in [0.1, 0.15) is 0 Å². The molecule has 0 spiro atoms. The zero-order valence-electron chi connectivity index (χ0n) is 13.3. The molecule has 3 rings (SSSR count). The Hall–Kier alpha value is -1.66. The number of benzene rings is 1. The minimum atomic E-state index is -3.47. The number of aromatic nitrogens is 1. The van der Waals surface area contributed by atoms with Gasteiger partial charge in [-0.3, -0.25) is 0 Å². The molecule has 1 N–H and O–H groups in total. The predicted molar refractivity (Wildman–Crippen MR) is 88.5 cm³/mol. The third-order valence-corrected chi connectivity index (χ3v) is 5.79. The molecule has 2 aromatic rings. The van der Waals surface area contributed by atoms with Crippen LogP contribution in [0.5, 0.6) is 0 Å². The average molecular weight is 334 g/mol. The second-order valence-electron chi connectivity index (χ2n) is 6.17. The van der Waals surface area contributed by atoms with Crippen molar-refractivity contribution < 1.29 is 12.9 Å². The molecule has 0 atom stereocenters. The van der Waals surface area contributed by atoms with E-state index in [1.165, 1.54) is 12.8 Å². The van der Waals surface area contributed by atoms with Crippen LogP contribution >= 0.6 is 0 Å². The zero-order valence-corrected chi connectivity index (χ0v) is 14.1. The Morgan fingerprint density at radius 3 is 2.30 bits per heavy atom. The fourth-order valence-corrected chi connectivity index (χ4v) is 4.29. The summed E-state index contributed by atoms with van der Waals surface area (Å²) in [6, 6.07) is 8.62. The van der Waals surface area contributed by atoms with Crippen LogP contribution in [0.4, 0.5) is 0 Å². The third kappa shape index (κ3) is 4.00. The van der Waals surface area contributed by atoms with Gasteiger partial charge < -0.3 is 4.52 Å². The van der Waals surface area contributed by atoms with E-state index in [0.29, 0.717) is 10.7 Å². The number of hydrogen-bond donors (Lipinski definition) is 1. The van der Waals surface area contributed by atoms with Crippen LogP contribution in [0.3, 0.4) is 0 Å². The zero-order chi connectivity index (χ0) is 16.3. The van der Waals surface area contributed by atoms with Gasteiger partial charge in [0.25, 0.3) is 0 Å². The first-order chi connectivity index (χ1) is 11.0. The van der Waals surface area contributed by atoms with Gasteiger partial charge in [-0.1, -0.05) is 30.8 Å². The van der Waals surface area contributed by atoms with Crippen molar-refractivity contribution in [3.05, 3.63) is 36.0 Å². The van der Waals surface area contributed by atoms with E-state index in [1.807, 2.05) is 13.0 Å². The van der Waals surface area contributed by atoms with Crippen LogP contribution in [-0.2, 0) is 10.0 Å². The third-order valence-electron chi connectivity index (χ3n) is 4.25. The topological polar surface area (TPSA) is 72.2 Å². The number of nitrogens with one attached hydrogen (secondary N) is 1. The first-order valence-corrected chi connectivity index (χ1v) is 9.59. The molecule has 0 saturated heterocycles. The van der Waals surface area contributed by atoms with E-state index in [9.17, 15) is 8.42 Å². The minimum Gasteiger partial charge on any atom is -0.356 e. The highest BCUT2D eigenvalue weighted by Crippen LogP contribution is 2.23. The molecule has 1 heterocycles. The lowest BCUT2D eigenvalue weighted by Gasteiger charge is -2.16. The molecule has 1 aliphatic carbocycles. The summed E-state index contributed by atoms with van der Waals surface area (Å²) in [6.07, 6.45) is 6.43. The maximum atomic E-state index is 12.5. The van der Waals surface area contributed by atoms with Gasteiger partial charge in [-0.15, -0.1) is 0 Å². The Kier molecular flexibility index (Phi) is 4.82. The molecule has 1 fully saturated rings. The van der Waals surface area contributed by atoms with Crippen LogP contribution in [0, 0.1) is 6.92 Å². The van der Waals surface area contributed by atoms with Crippen LogP contribution in [0.1, 0.15) is 44.2 Å². The van der Waals surface area contributed by atoms with Crippen LogP contribution in [-0.4, -0.2) is 19.6 Å². The average Bonchev–Trinajstić information content (AvgIpc) is 2.81. The van der Waals surface area contributed by atoms with E-state index in [0.717, 1.165) is 36.9 Å². The van der Waals surface area contributed by atoms with Gasteiger partial charge in [0.05, 0.1) is 10.6 Å². The summed E-state index contributed by atoms with van der Waals surface area (Å²) < 4.78 is 33.1. The number of rotatable bonds is 4. The van der Waals surface area contributed by atoms with Crippen molar-refractivity contribution in [1.82, 2.24) is 9.88 Å². The van der Waals surface area contributed by atoms with E-state index in [4.69, 9.17) is 4.52 Å². The van der Waals surface area contributed by atoms with Crippen molar-refractivity contribution >= 4 is 10.0 Å². The van der Waals surface area contributed by atoms with Gasteiger partial charge in [-0.25, -0.2) is 13.1 Å². The Morgan fingerprint density at radius 2 is 1.74 bits per heavy atom. The fourth-order valence-electron chi connectivity index (χ4n) is 2.98. The highest BCUT2D eigenvalue weighted by Gasteiger charge is 2.21. The van der Waals surface area contributed by atoms with Gasteiger partial charge in [-0.2, -0.15) is 0 Å². The van der Waals surface area contributed by atoms with E-state index in [2.05, 4.69) is 9.88 Å². The minimum absolute atomic E-state index is 0.0547. The summed E-state index contributed by atoms with van der Waals surface area (Å²) in [4.78, 5) is 0.293. The molecular formula is C17H22N2O3S. The van der Waals surface area contributed by atoms with Crippen LogP contribution in [0.25, 0.3) is 11.3 Å². The molecule has 124 valence electrons. The molecule has 1 aliphatic rings. The number of nitrogens with zero attached hydrogens (tertiary/aromatic N) is 1. The molecule has 6 heteroatoms. The summed E-state index contributed by atoms with van der Waals surface area (Å²) in [5, 5.41) is 3.84. The second kappa shape index (κ2) is 6.84. The lowest BCUT2D eigenvalue weighted by atomic mass is 10.1. The molecule has 5 nitrogen and oxygen atoms in total. The normalized spacial score (nSPS) is 17.1. The van der Waals surface area contributed by atoms with Crippen LogP contribution in [0.2, 0.25) is 0 Å².